The summed E-state index contributed by atoms with van der Waals surface area (Å²) in [4.78, 5) is 0. The van der Waals surface area contributed by atoms with Crippen LogP contribution in [-0.2, 0) is 0 Å². The molecular weight excluding hydrogens is 300 g/mol. The first-order chi connectivity index (χ1) is 8.06. The highest BCUT2D eigenvalue weighted by molar-refractivity contribution is 9.10. The zero-order valence-corrected chi connectivity index (χ0v) is 12.3. The van der Waals surface area contributed by atoms with E-state index in [0.717, 1.165) is 46.4 Å². The molecule has 1 aliphatic carbocycles. The number of nitrogens with two attached hydrogens (primary N) is 1. The van der Waals surface area contributed by atoms with E-state index in [1.165, 1.54) is 0 Å². The third kappa shape index (κ3) is 3.36. The van der Waals surface area contributed by atoms with Gasteiger partial charge in [0.25, 0.3) is 0 Å². The average Bonchev–Trinajstić information content (AvgIpc) is 2.29. The van der Waals surface area contributed by atoms with Crippen LogP contribution >= 0.6 is 27.5 Å². The number of hydrogen-bond donors (Lipinski definition) is 2. The Morgan fingerprint density at radius 3 is 2.59 bits per heavy atom. The van der Waals surface area contributed by atoms with Gasteiger partial charge >= 0.3 is 0 Å². The minimum absolute atomic E-state index is 0.387. The highest BCUT2D eigenvalue weighted by Gasteiger charge is 2.19. The second-order valence-corrected chi connectivity index (χ2v) is 6.10. The van der Waals surface area contributed by atoms with E-state index in [1.807, 2.05) is 13.0 Å². The van der Waals surface area contributed by atoms with Crippen molar-refractivity contribution in [2.24, 2.45) is 5.73 Å². The van der Waals surface area contributed by atoms with Gasteiger partial charge in [-0.05, 0) is 66.2 Å². The number of nitrogens with one attached hydrogen (secondary N) is 1. The van der Waals surface area contributed by atoms with Crippen molar-refractivity contribution in [3.63, 3.8) is 0 Å². The van der Waals surface area contributed by atoms with Crippen LogP contribution in [-0.4, -0.2) is 12.1 Å². The number of rotatable bonds is 2. The summed E-state index contributed by atoms with van der Waals surface area (Å²) in [7, 11) is 0. The van der Waals surface area contributed by atoms with E-state index < -0.39 is 0 Å². The molecule has 17 heavy (non-hydrogen) atoms. The third-order valence-corrected chi connectivity index (χ3v) is 4.44. The highest BCUT2D eigenvalue weighted by Crippen LogP contribution is 2.31. The molecule has 0 saturated heterocycles. The molecule has 1 aromatic rings. The van der Waals surface area contributed by atoms with Crippen molar-refractivity contribution in [2.75, 3.05) is 5.32 Å². The molecule has 2 rings (SSSR count). The number of benzene rings is 1. The summed E-state index contributed by atoms with van der Waals surface area (Å²) in [6.07, 6.45) is 4.49. The Bertz CT molecular complexity index is 401. The first kappa shape index (κ1) is 13.2. The van der Waals surface area contributed by atoms with Gasteiger partial charge in [0.1, 0.15) is 0 Å². The highest BCUT2D eigenvalue weighted by atomic mass is 79.9. The molecule has 3 N–H and O–H groups in total. The van der Waals surface area contributed by atoms with Crippen molar-refractivity contribution in [1.29, 1.82) is 0 Å². The zero-order valence-electron chi connectivity index (χ0n) is 9.97. The molecule has 0 bridgehead atoms. The Balaban J connectivity index is 2.06. The predicted octanol–water partition coefficient (Wildman–Crippen LogP) is 4.09. The van der Waals surface area contributed by atoms with Crippen LogP contribution in [0, 0.1) is 6.92 Å². The Morgan fingerprint density at radius 2 is 1.94 bits per heavy atom. The topological polar surface area (TPSA) is 38.0 Å². The van der Waals surface area contributed by atoms with Crippen molar-refractivity contribution in [1.82, 2.24) is 0 Å². The smallest absolute Gasteiger partial charge is 0.0501 e. The maximum absolute atomic E-state index is 6.15. The van der Waals surface area contributed by atoms with Crippen LogP contribution in [0.25, 0.3) is 0 Å². The molecule has 0 radical (unpaired) electrons. The molecule has 0 spiro atoms. The SMILES string of the molecule is Cc1cc(Br)c(NC2CCC(N)CC2)cc1Cl. The number of hydrogen-bond acceptors (Lipinski definition) is 2. The lowest BCUT2D eigenvalue weighted by Crippen LogP contribution is -2.32. The van der Waals surface area contributed by atoms with E-state index in [2.05, 4.69) is 27.3 Å². The van der Waals surface area contributed by atoms with Gasteiger partial charge in [-0.1, -0.05) is 11.6 Å². The summed E-state index contributed by atoms with van der Waals surface area (Å²) < 4.78 is 1.08. The first-order valence-electron chi connectivity index (χ1n) is 6.04. The Morgan fingerprint density at radius 1 is 1.29 bits per heavy atom. The zero-order chi connectivity index (χ0) is 12.4. The molecule has 94 valence electrons. The summed E-state index contributed by atoms with van der Waals surface area (Å²) >= 11 is 9.72. The fourth-order valence-electron chi connectivity index (χ4n) is 2.24. The monoisotopic (exact) mass is 316 g/mol. The van der Waals surface area contributed by atoms with Gasteiger partial charge in [0.15, 0.2) is 0 Å². The molecule has 0 aromatic heterocycles. The molecule has 2 nitrogen and oxygen atoms in total. The molecule has 0 amide bonds. The van der Waals surface area contributed by atoms with Crippen molar-refractivity contribution in [2.45, 2.75) is 44.7 Å². The van der Waals surface area contributed by atoms with E-state index in [1.54, 1.807) is 0 Å². The Kier molecular flexibility index (Phi) is 4.34. The molecule has 1 aliphatic rings. The lowest BCUT2D eigenvalue weighted by molar-refractivity contribution is 0.411. The van der Waals surface area contributed by atoms with E-state index in [4.69, 9.17) is 17.3 Å². The summed E-state index contributed by atoms with van der Waals surface area (Å²) in [5.74, 6) is 0. The van der Waals surface area contributed by atoms with Crippen molar-refractivity contribution in [3.8, 4) is 0 Å². The second-order valence-electron chi connectivity index (χ2n) is 4.84. The van der Waals surface area contributed by atoms with Gasteiger partial charge in [-0.15, -0.1) is 0 Å². The van der Waals surface area contributed by atoms with Gasteiger partial charge in [-0.25, -0.2) is 0 Å². The van der Waals surface area contributed by atoms with E-state index in [9.17, 15) is 0 Å². The average molecular weight is 318 g/mol. The van der Waals surface area contributed by atoms with Crippen LogP contribution in [0.1, 0.15) is 31.2 Å². The molecule has 0 atom stereocenters. The molecule has 1 fully saturated rings. The first-order valence-corrected chi connectivity index (χ1v) is 7.21. The van der Waals surface area contributed by atoms with Crippen LogP contribution < -0.4 is 11.1 Å². The summed E-state index contributed by atoms with van der Waals surface area (Å²) in [6.45, 7) is 2.01. The lowest BCUT2D eigenvalue weighted by Gasteiger charge is -2.28. The largest absolute Gasteiger partial charge is 0.381 e. The Labute approximate surface area is 116 Å². The van der Waals surface area contributed by atoms with Gasteiger partial charge < -0.3 is 11.1 Å². The maximum Gasteiger partial charge on any atom is 0.0501 e. The predicted molar refractivity (Wildman–Crippen MR) is 77.7 cm³/mol. The minimum atomic E-state index is 0.387. The van der Waals surface area contributed by atoms with E-state index in [0.29, 0.717) is 12.1 Å². The van der Waals surface area contributed by atoms with Gasteiger partial charge in [0, 0.05) is 21.6 Å². The maximum atomic E-state index is 6.15. The molecule has 1 aromatic carbocycles. The van der Waals surface area contributed by atoms with Crippen LogP contribution in [0.2, 0.25) is 5.02 Å². The summed E-state index contributed by atoms with van der Waals surface area (Å²) in [5, 5.41) is 4.36. The molecule has 0 heterocycles. The van der Waals surface area contributed by atoms with Gasteiger partial charge in [-0.3, -0.25) is 0 Å². The molecule has 0 unspecified atom stereocenters. The van der Waals surface area contributed by atoms with Crippen LogP contribution in [0.4, 0.5) is 5.69 Å². The van der Waals surface area contributed by atoms with Crippen LogP contribution in [0.3, 0.4) is 0 Å². The number of aryl methyl sites for hydroxylation is 1. The Hall–Kier alpha value is -0.250. The minimum Gasteiger partial charge on any atom is -0.381 e. The fraction of sp³-hybridized carbons (Fsp3) is 0.538. The van der Waals surface area contributed by atoms with Crippen molar-refractivity contribution < 1.29 is 0 Å². The molecule has 4 heteroatoms. The summed E-state index contributed by atoms with van der Waals surface area (Å²) in [6, 6.07) is 4.96. The van der Waals surface area contributed by atoms with Crippen molar-refractivity contribution in [3.05, 3.63) is 27.2 Å². The third-order valence-electron chi connectivity index (χ3n) is 3.38. The standard InChI is InChI=1S/C13H18BrClN2/c1-8-6-11(14)13(7-12(8)15)17-10-4-2-9(16)3-5-10/h6-7,9-10,17H,2-5,16H2,1H3. The normalized spacial score (nSPS) is 24.7. The van der Waals surface area contributed by atoms with E-state index >= 15 is 0 Å². The second kappa shape index (κ2) is 5.59. The van der Waals surface area contributed by atoms with Gasteiger partial charge in [0.05, 0.1) is 5.69 Å². The lowest BCUT2D eigenvalue weighted by atomic mass is 9.91. The van der Waals surface area contributed by atoms with E-state index in [-0.39, 0.29) is 0 Å². The van der Waals surface area contributed by atoms with Crippen LogP contribution in [0.5, 0.6) is 0 Å². The number of anilines is 1. The number of halogens is 2. The summed E-state index contributed by atoms with van der Waals surface area (Å²) in [5.41, 5.74) is 8.08. The quantitative estimate of drug-likeness (QED) is 0.862. The molecular formula is C13H18BrClN2. The molecule has 1 saturated carbocycles. The van der Waals surface area contributed by atoms with Crippen molar-refractivity contribution >= 4 is 33.2 Å². The fourth-order valence-corrected chi connectivity index (χ4v) is 2.98. The molecule has 0 aliphatic heterocycles. The van der Waals surface area contributed by atoms with Crippen LogP contribution in [0.15, 0.2) is 16.6 Å². The van der Waals surface area contributed by atoms with Gasteiger partial charge in [-0.2, -0.15) is 0 Å². The van der Waals surface area contributed by atoms with Gasteiger partial charge in [0.2, 0.25) is 0 Å².